The summed E-state index contributed by atoms with van der Waals surface area (Å²) < 4.78 is 7.44. The highest BCUT2D eigenvalue weighted by Crippen LogP contribution is 2.26. The molecule has 138 valence electrons. The normalized spacial score (nSPS) is 13.4. The zero-order chi connectivity index (χ0) is 18.6. The number of aromatic nitrogens is 4. The van der Waals surface area contributed by atoms with Crippen molar-refractivity contribution in [2.24, 2.45) is 5.73 Å². The van der Waals surface area contributed by atoms with E-state index in [9.17, 15) is 4.79 Å². The number of fused-ring (bicyclic) bond motifs is 1. The summed E-state index contributed by atoms with van der Waals surface area (Å²) in [6.07, 6.45) is 8.88. The predicted molar refractivity (Wildman–Crippen MR) is 104 cm³/mol. The van der Waals surface area contributed by atoms with Gasteiger partial charge in [0.15, 0.2) is 10.8 Å². The van der Waals surface area contributed by atoms with Gasteiger partial charge in [-0.1, -0.05) is 11.3 Å². The van der Waals surface area contributed by atoms with Gasteiger partial charge in [0, 0.05) is 12.1 Å². The van der Waals surface area contributed by atoms with Crippen molar-refractivity contribution < 1.29 is 9.53 Å². The third-order valence-corrected chi connectivity index (χ3v) is 4.93. The standard InChI is InChI=1S/C18H18N6O2S/c19-7-3-8-24-11-20-13-10-12(5-6-14(13)24)16(25)21-18-23-22-17(27-18)15-4-1-2-9-26-15/h2,4-6,9-11H,1,3,7-8,19H2,(H,21,23,25). The Morgan fingerprint density at radius 3 is 3.11 bits per heavy atom. The summed E-state index contributed by atoms with van der Waals surface area (Å²) in [6.45, 7) is 1.43. The molecule has 3 N–H and O–H groups in total. The van der Waals surface area contributed by atoms with E-state index < -0.39 is 0 Å². The average Bonchev–Trinajstić information content (AvgIpc) is 3.33. The summed E-state index contributed by atoms with van der Waals surface area (Å²) in [7, 11) is 0. The highest BCUT2D eigenvalue weighted by atomic mass is 32.1. The van der Waals surface area contributed by atoms with E-state index in [2.05, 4.69) is 20.5 Å². The molecule has 27 heavy (non-hydrogen) atoms. The molecule has 1 amide bonds. The molecule has 1 aliphatic rings. The van der Waals surface area contributed by atoms with E-state index in [-0.39, 0.29) is 5.91 Å². The Balaban J connectivity index is 1.48. The minimum absolute atomic E-state index is 0.255. The van der Waals surface area contributed by atoms with Crippen LogP contribution in [0.25, 0.3) is 16.8 Å². The maximum atomic E-state index is 12.5. The topological polar surface area (TPSA) is 108 Å². The summed E-state index contributed by atoms with van der Waals surface area (Å²) in [5.41, 5.74) is 7.83. The minimum atomic E-state index is -0.255. The molecule has 0 saturated carbocycles. The van der Waals surface area contributed by atoms with Crippen molar-refractivity contribution in [1.29, 1.82) is 0 Å². The van der Waals surface area contributed by atoms with Gasteiger partial charge >= 0.3 is 0 Å². The van der Waals surface area contributed by atoms with Crippen LogP contribution in [0.4, 0.5) is 5.13 Å². The van der Waals surface area contributed by atoms with E-state index in [0.29, 0.717) is 28.0 Å². The van der Waals surface area contributed by atoms with Gasteiger partial charge < -0.3 is 15.0 Å². The van der Waals surface area contributed by atoms with Crippen molar-refractivity contribution >= 4 is 39.2 Å². The number of carbonyl (C=O) groups excluding carboxylic acids is 1. The molecule has 1 aliphatic heterocycles. The Hall–Kier alpha value is -3.04. The second kappa shape index (κ2) is 7.68. The fourth-order valence-corrected chi connectivity index (χ4v) is 3.45. The monoisotopic (exact) mass is 382 g/mol. The Morgan fingerprint density at radius 1 is 1.37 bits per heavy atom. The summed E-state index contributed by atoms with van der Waals surface area (Å²) in [5, 5.41) is 11.9. The van der Waals surface area contributed by atoms with E-state index in [4.69, 9.17) is 10.5 Å². The zero-order valence-corrected chi connectivity index (χ0v) is 15.3. The number of amides is 1. The van der Waals surface area contributed by atoms with Gasteiger partial charge in [0.2, 0.25) is 5.13 Å². The smallest absolute Gasteiger partial charge is 0.257 e. The Labute approximate surface area is 159 Å². The number of nitrogens with one attached hydrogen (secondary N) is 1. The van der Waals surface area contributed by atoms with Crippen LogP contribution in [0.5, 0.6) is 0 Å². The van der Waals surface area contributed by atoms with Gasteiger partial charge in [0.1, 0.15) is 0 Å². The van der Waals surface area contributed by atoms with Crippen LogP contribution in [0.15, 0.2) is 42.9 Å². The second-order valence-corrected chi connectivity index (χ2v) is 6.92. The lowest BCUT2D eigenvalue weighted by atomic mass is 10.2. The van der Waals surface area contributed by atoms with Crippen molar-refractivity contribution in [2.45, 2.75) is 19.4 Å². The highest BCUT2D eigenvalue weighted by Gasteiger charge is 2.15. The molecule has 8 nitrogen and oxygen atoms in total. The number of hydrogen-bond donors (Lipinski definition) is 2. The maximum Gasteiger partial charge on any atom is 0.257 e. The number of imidazole rings is 1. The molecule has 0 saturated heterocycles. The largest absolute Gasteiger partial charge is 0.462 e. The van der Waals surface area contributed by atoms with Crippen LogP contribution in [0, 0.1) is 0 Å². The summed E-state index contributed by atoms with van der Waals surface area (Å²) in [6, 6.07) is 5.44. The molecule has 0 aliphatic carbocycles. The number of ether oxygens (including phenoxy) is 1. The Bertz CT molecular complexity index is 1040. The van der Waals surface area contributed by atoms with Gasteiger partial charge in [-0.3, -0.25) is 10.1 Å². The summed E-state index contributed by atoms with van der Waals surface area (Å²) in [5.74, 6) is 0.398. The molecule has 0 unspecified atom stereocenters. The lowest BCUT2D eigenvalue weighted by Gasteiger charge is -2.05. The SMILES string of the molecule is NCCCn1cnc2cc(C(=O)Nc3nnc(C4=CCC=CO4)s3)ccc21. The molecular formula is C18H18N6O2S. The molecule has 3 heterocycles. The molecule has 0 fully saturated rings. The first kappa shape index (κ1) is 17.4. The van der Waals surface area contributed by atoms with Crippen molar-refractivity contribution in [3.8, 4) is 0 Å². The number of nitrogens with zero attached hydrogens (tertiary/aromatic N) is 4. The third kappa shape index (κ3) is 3.74. The van der Waals surface area contributed by atoms with E-state index >= 15 is 0 Å². The molecule has 0 radical (unpaired) electrons. The van der Waals surface area contributed by atoms with Crippen molar-refractivity contribution in [3.63, 3.8) is 0 Å². The third-order valence-electron chi connectivity index (χ3n) is 4.07. The van der Waals surface area contributed by atoms with E-state index in [1.54, 1.807) is 24.7 Å². The fraction of sp³-hybridized carbons (Fsp3) is 0.222. The van der Waals surface area contributed by atoms with Gasteiger partial charge in [0.25, 0.3) is 5.91 Å². The number of hydrogen-bond acceptors (Lipinski definition) is 7. The Kier molecular flexibility index (Phi) is 4.95. The first-order chi connectivity index (χ1) is 13.2. The van der Waals surface area contributed by atoms with Crippen LogP contribution in [0.1, 0.15) is 28.2 Å². The van der Waals surface area contributed by atoms with Crippen molar-refractivity contribution in [3.05, 3.63) is 53.5 Å². The van der Waals surface area contributed by atoms with Crippen molar-refractivity contribution in [1.82, 2.24) is 19.7 Å². The molecule has 0 spiro atoms. The number of allylic oxidation sites excluding steroid dienone is 2. The summed E-state index contributed by atoms with van der Waals surface area (Å²) >= 11 is 1.27. The lowest BCUT2D eigenvalue weighted by molar-refractivity contribution is 0.102. The number of nitrogens with two attached hydrogens (primary N) is 1. The summed E-state index contributed by atoms with van der Waals surface area (Å²) in [4.78, 5) is 16.9. The number of anilines is 1. The van der Waals surface area contributed by atoms with Crippen molar-refractivity contribution in [2.75, 3.05) is 11.9 Å². The Morgan fingerprint density at radius 2 is 2.30 bits per heavy atom. The quantitative estimate of drug-likeness (QED) is 0.679. The van der Waals surface area contributed by atoms with Gasteiger partial charge in [-0.15, -0.1) is 10.2 Å². The van der Waals surface area contributed by atoms with Crippen LogP contribution >= 0.6 is 11.3 Å². The van der Waals surface area contributed by atoms with Crippen LogP contribution in [-0.2, 0) is 11.3 Å². The van der Waals surface area contributed by atoms with Gasteiger partial charge in [0.05, 0.1) is 23.6 Å². The van der Waals surface area contributed by atoms with E-state index in [1.807, 2.05) is 22.8 Å². The first-order valence-corrected chi connectivity index (χ1v) is 9.38. The number of rotatable bonds is 6. The highest BCUT2D eigenvalue weighted by molar-refractivity contribution is 7.16. The lowest BCUT2D eigenvalue weighted by Crippen LogP contribution is -2.11. The second-order valence-electron chi connectivity index (χ2n) is 5.94. The van der Waals surface area contributed by atoms with Crippen LogP contribution < -0.4 is 11.1 Å². The van der Waals surface area contributed by atoms with E-state index in [0.717, 1.165) is 30.4 Å². The number of aryl methyl sites for hydroxylation is 1. The first-order valence-electron chi connectivity index (χ1n) is 8.56. The fourth-order valence-electron chi connectivity index (χ4n) is 2.73. The van der Waals surface area contributed by atoms with Gasteiger partial charge in [-0.25, -0.2) is 4.98 Å². The minimum Gasteiger partial charge on any atom is -0.462 e. The molecule has 2 aromatic heterocycles. The average molecular weight is 382 g/mol. The van der Waals surface area contributed by atoms with Gasteiger partial charge in [-0.05, 0) is 49.7 Å². The molecule has 0 bridgehead atoms. The van der Waals surface area contributed by atoms with Crippen LogP contribution in [0.2, 0.25) is 0 Å². The predicted octanol–water partition coefficient (Wildman–Crippen LogP) is 2.76. The maximum absolute atomic E-state index is 12.5. The van der Waals surface area contributed by atoms with Crippen LogP contribution in [0.3, 0.4) is 0 Å². The molecule has 0 atom stereocenters. The molecule has 4 rings (SSSR count). The molecule has 1 aromatic carbocycles. The van der Waals surface area contributed by atoms with Gasteiger partial charge in [-0.2, -0.15) is 0 Å². The number of carbonyl (C=O) groups is 1. The molecular weight excluding hydrogens is 364 g/mol. The molecule has 3 aromatic rings. The van der Waals surface area contributed by atoms with E-state index in [1.165, 1.54) is 11.3 Å². The van der Waals surface area contributed by atoms with Crippen LogP contribution in [-0.4, -0.2) is 32.2 Å². The zero-order valence-electron chi connectivity index (χ0n) is 14.5. The number of benzene rings is 1. The molecule has 9 heteroatoms.